The molecule has 0 radical (unpaired) electrons. The van der Waals surface area contributed by atoms with Crippen LogP contribution in [-0.4, -0.2) is 19.4 Å². The Morgan fingerprint density at radius 3 is 2.46 bits per heavy atom. The molecule has 0 fully saturated rings. The van der Waals surface area contributed by atoms with E-state index in [0.29, 0.717) is 11.2 Å². The van der Waals surface area contributed by atoms with Gasteiger partial charge in [0.2, 0.25) is 5.91 Å². The van der Waals surface area contributed by atoms with Crippen LogP contribution in [0.1, 0.15) is 31.0 Å². The molecule has 3 rings (SSSR count). The molecule has 2 aromatic heterocycles. The van der Waals surface area contributed by atoms with Gasteiger partial charge in [-0.05, 0) is 62.5 Å². The molecule has 26 heavy (non-hydrogen) atoms. The van der Waals surface area contributed by atoms with Gasteiger partial charge in [-0.3, -0.25) is 18.7 Å². The van der Waals surface area contributed by atoms with Crippen LogP contribution in [0, 0.1) is 13.8 Å². The first kappa shape index (κ1) is 18.1. The summed E-state index contributed by atoms with van der Waals surface area (Å²) in [5.41, 5.74) is 2.42. The SMILES string of the molecule is Cc1cc(C)cc(NC(=O)Cn2c(=O)n(C(C)C)c(=O)c3nscc32)c1. The molecule has 136 valence electrons. The van der Waals surface area contributed by atoms with E-state index < -0.39 is 11.2 Å². The summed E-state index contributed by atoms with van der Waals surface area (Å²) >= 11 is 1.09. The first-order valence-corrected chi connectivity index (χ1v) is 9.09. The summed E-state index contributed by atoms with van der Waals surface area (Å²) in [6, 6.07) is 5.42. The second-order valence-electron chi connectivity index (χ2n) is 6.61. The van der Waals surface area contributed by atoms with Crippen LogP contribution in [0.25, 0.3) is 11.0 Å². The van der Waals surface area contributed by atoms with Crippen molar-refractivity contribution < 1.29 is 4.79 Å². The molecule has 0 aliphatic carbocycles. The second kappa shape index (κ2) is 6.87. The number of hydrogen-bond acceptors (Lipinski definition) is 5. The lowest BCUT2D eigenvalue weighted by Gasteiger charge is -2.14. The Kier molecular flexibility index (Phi) is 4.78. The Bertz CT molecular complexity index is 1090. The van der Waals surface area contributed by atoms with Gasteiger partial charge in [-0.15, -0.1) is 0 Å². The highest BCUT2D eigenvalue weighted by Gasteiger charge is 2.18. The van der Waals surface area contributed by atoms with E-state index in [1.54, 1.807) is 19.2 Å². The highest BCUT2D eigenvalue weighted by atomic mass is 32.1. The number of anilines is 1. The van der Waals surface area contributed by atoms with Gasteiger partial charge < -0.3 is 5.32 Å². The number of carbonyl (C=O) groups excluding carboxylic acids is 1. The molecule has 1 N–H and O–H groups in total. The molecule has 0 atom stereocenters. The minimum Gasteiger partial charge on any atom is -0.325 e. The number of amides is 1. The van der Waals surface area contributed by atoms with Crippen LogP contribution in [-0.2, 0) is 11.3 Å². The fourth-order valence-corrected chi connectivity index (χ4v) is 3.67. The average Bonchev–Trinajstić information content (AvgIpc) is 3.00. The topological polar surface area (TPSA) is 86.0 Å². The third kappa shape index (κ3) is 3.32. The number of carbonyl (C=O) groups is 1. The molecule has 1 amide bonds. The van der Waals surface area contributed by atoms with E-state index in [9.17, 15) is 14.4 Å². The number of rotatable bonds is 4. The van der Waals surface area contributed by atoms with E-state index >= 15 is 0 Å². The van der Waals surface area contributed by atoms with Gasteiger partial charge in [-0.2, -0.15) is 4.37 Å². The molecule has 7 nitrogen and oxygen atoms in total. The first-order valence-electron chi connectivity index (χ1n) is 8.25. The first-order chi connectivity index (χ1) is 12.3. The summed E-state index contributed by atoms with van der Waals surface area (Å²) < 4.78 is 6.53. The van der Waals surface area contributed by atoms with E-state index in [0.717, 1.165) is 27.2 Å². The lowest BCUT2D eigenvalue weighted by molar-refractivity contribution is -0.116. The van der Waals surface area contributed by atoms with Gasteiger partial charge in [0, 0.05) is 17.1 Å². The molecular weight excluding hydrogens is 352 g/mol. The molecule has 0 unspecified atom stereocenters. The summed E-state index contributed by atoms with van der Waals surface area (Å²) in [6.45, 7) is 7.22. The predicted molar refractivity (Wildman–Crippen MR) is 103 cm³/mol. The van der Waals surface area contributed by atoms with Gasteiger partial charge in [0.15, 0.2) is 5.52 Å². The summed E-state index contributed by atoms with van der Waals surface area (Å²) in [5, 5.41) is 4.43. The van der Waals surface area contributed by atoms with Gasteiger partial charge in [-0.25, -0.2) is 4.79 Å². The molecule has 3 aromatic rings. The minimum absolute atomic E-state index is 0.187. The Morgan fingerprint density at radius 2 is 1.85 bits per heavy atom. The Labute approximate surface area is 154 Å². The van der Waals surface area contributed by atoms with Crippen LogP contribution in [0.5, 0.6) is 0 Å². The molecule has 0 saturated heterocycles. The van der Waals surface area contributed by atoms with Gasteiger partial charge in [-0.1, -0.05) is 6.07 Å². The monoisotopic (exact) mass is 372 g/mol. The Balaban J connectivity index is 2.00. The predicted octanol–water partition coefficient (Wildman–Crippen LogP) is 2.46. The zero-order valence-corrected chi connectivity index (χ0v) is 15.9. The molecule has 0 spiro atoms. The molecular formula is C18H20N4O3S. The second-order valence-corrected chi connectivity index (χ2v) is 7.24. The maximum absolute atomic E-state index is 12.8. The van der Waals surface area contributed by atoms with Crippen molar-refractivity contribution in [2.45, 2.75) is 40.3 Å². The fraction of sp³-hybridized carbons (Fsp3) is 0.333. The minimum atomic E-state index is -0.506. The smallest absolute Gasteiger partial charge is 0.325 e. The fourth-order valence-electron chi connectivity index (χ4n) is 3.00. The summed E-state index contributed by atoms with van der Waals surface area (Å²) in [4.78, 5) is 37.7. The van der Waals surface area contributed by atoms with Crippen molar-refractivity contribution in [2.75, 3.05) is 5.32 Å². The Hall–Kier alpha value is -2.74. The van der Waals surface area contributed by atoms with E-state index in [1.807, 2.05) is 32.0 Å². The van der Waals surface area contributed by atoms with Crippen LogP contribution in [0.2, 0.25) is 0 Å². The summed E-state index contributed by atoms with van der Waals surface area (Å²) in [7, 11) is 0. The van der Waals surface area contributed by atoms with Crippen molar-refractivity contribution in [3.63, 3.8) is 0 Å². The van der Waals surface area contributed by atoms with Crippen LogP contribution >= 0.6 is 11.5 Å². The Morgan fingerprint density at radius 1 is 1.19 bits per heavy atom. The van der Waals surface area contributed by atoms with Gasteiger partial charge in [0.05, 0.1) is 5.52 Å². The molecule has 8 heteroatoms. The maximum atomic E-state index is 12.8. The molecule has 1 aromatic carbocycles. The zero-order chi connectivity index (χ0) is 19.0. The standard InChI is InChI=1S/C18H20N4O3S/c1-10(2)22-17(24)16-14(9-26-20-16)21(18(22)25)8-15(23)19-13-6-11(3)5-12(4)7-13/h5-7,9-10H,8H2,1-4H3,(H,19,23). The van der Waals surface area contributed by atoms with Crippen LogP contribution in [0.4, 0.5) is 5.69 Å². The van der Waals surface area contributed by atoms with E-state index in [4.69, 9.17) is 0 Å². The average molecular weight is 372 g/mol. The van der Waals surface area contributed by atoms with Crippen molar-refractivity contribution >= 4 is 34.2 Å². The summed E-state index contributed by atoms with van der Waals surface area (Å²) in [5.74, 6) is -0.335. The van der Waals surface area contributed by atoms with Gasteiger partial charge in [0.1, 0.15) is 6.54 Å². The number of fused-ring (bicyclic) bond motifs is 1. The third-order valence-corrected chi connectivity index (χ3v) is 4.64. The normalized spacial score (nSPS) is 11.3. The van der Waals surface area contributed by atoms with E-state index in [-0.39, 0.29) is 24.0 Å². The number of aromatic nitrogens is 3. The quantitative estimate of drug-likeness (QED) is 0.762. The van der Waals surface area contributed by atoms with Crippen LogP contribution in [0.15, 0.2) is 33.2 Å². The highest BCUT2D eigenvalue weighted by molar-refractivity contribution is 7.04. The largest absolute Gasteiger partial charge is 0.332 e. The molecule has 0 aliphatic heterocycles. The van der Waals surface area contributed by atoms with Gasteiger partial charge >= 0.3 is 5.69 Å². The molecule has 0 saturated carbocycles. The van der Waals surface area contributed by atoms with E-state index in [1.165, 1.54) is 4.57 Å². The third-order valence-electron chi connectivity index (χ3n) is 4.02. The van der Waals surface area contributed by atoms with Crippen molar-refractivity contribution in [3.05, 3.63) is 55.5 Å². The number of nitrogens with zero attached hydrogens (tertiary/aromatic N) is 3. The molecule has 0 aliphatic rings. The van der Waals surface area contributed by atoms with Crippen LogP contribution < -0.4 is 16.6 Å². The van der Waals surface area contributed by atoms with Crippen molar-refractivity contribution in [1.29, 1.82) is 0 Å². The van der Waals surface area contributed by atoms with Crippen molar-refractivity contribution in [3.8, 4) is 0 Å². The number of benzene rings is 1. The van der Waals surface area contributed by atoms with Gasteiger partial charge in [0.25, 0.3) is 5.56 Å². The van der Waals surface area contributed by atoms with Crippen molar-refractivity contribution in [1.82, 2.24) is 13.5 Å². The lowest BCUT2D eigenvalue weighted by atomic mass is 10.1. The zero-order valence-electron chi connectivity index (χ0n) is 15.1. The highest BCUT2D eigenvalue weighted by Crippen LogP contribution is 2.15. The number of hydrogen-bond donors (Lipinski definition) is 1. The number of aryl methyl sites for hydroxylation is 2. The molecule has 2 heterocycles. The maximum Gasteiger partial charge on any atom is 0.332 e. The molecule has 0 bridgehead atoms. The van der Waals surface area contributed by atoms with Crippen LogP contribution in [0.3, 0.4) is 0 Å². The number of nitrogens with one attached hydrogen (secondary N) is 1. The van der Waals surface area contributed by atoms with Crippen molar-refractivity contribution in [2.24, 2.45) is 0 Å². The lowest BCUT2D eigenvalue weighted by Crippen LogP contribution is -2.42. The van der Waals surface area contributed by atoms with E-state index in [2.05, 4.69) is 9.69 Å². The summed E-state index contributed by atoms with van der Waals surface area (Å²) in [6.07, 6.45) is 0.